The van der Waals surface area contributed by atoms with Crippen molar-refractivity contribution in [2.24, 2.45) is 0 Å². The molecule has 0 atom stereocenters. The van der Waals surface area contributed by atoms with Gasteiger partial charge in [0.05, 0.1) is 19.9 Å². The maximum Gasteiger partial charge on any atom is 0.257 e. The smallest absolute Gasteiger partial charge is 0.257 e. The van der Waals surface area contributed by atoms with Crippen LogP contribution in [0.2, 0.25) is 0 Å². The Hall–Kier alpha value is -3.65. The van der Waals surface area contributed by atoms with Crippen LogP contribution < -0.4 is 14.8 Å². The lowest BCUT2D eigenvalue weighted by atomic mass is 10.1. The maximum absolute atomic E-state index is 12.6. The second kappa shape index (κ2) is 9.01. The van der Waals surface area contributed by atoms with Crippen molar-refractivity contribution in [2.75, 3.05) is 19.5 Å². The van der Waals surface area contributed by atoms with Crippen LogP contribution in [0.1, 0.15) is 21.7 Å². The minimum absolute atomic E-state index is 0.201. The maximum atomic E-state index is 12.6. The van der Waals surface area contributed by atoms with Crippen LogP contribution in [0.4, 0.5) is 5.13 Å². The first kappa shape index (κ1) is 20.6. The predicted octanol–water partition coefficient (Wildman–Crippen LogP) is 4.63. The van der Waals surface area contributed by atoms with E-state index in [1.54, 1.807) is 26.5 Å². The summed E-state index contributed by atoms with van der Waals surface area (Å²) in [6.07, 6.45) is 3.72. The van der Waals surface area contributed by atoms with Crippen molar-refractivity contribution in [1.29, 1.82) is 0 Å². The third kappa shape index (κ3) is 4.59. The van der Waals surface area contributed by atoms with E-state index in [1.807, 2.05) is 54.9 Å². The second-order valence-electron chi connectivity index (χ2n) is 6.86. The van der Waals surface area contributed by atoms with Crippen LogP contribution in [0.15, 0.2) is 60.2 Å². The molecule has 0 spiro atoms. The number of methoxy groups -OCH3 is 2. The molecule has 0 saturated heterocycles. The van der Waals surface area contributed by atoms with Crippen LogP contribution >= 0.6 is 11.3 Å². The van der Waals surface area contributed by atoms with Gasteiger partial charge in [0.1, 0.15) is 17.3 Å². The van der Waals surface area contributed by atoms with Crippen molar-refractivity contribution in [3.05, 3.63) is 77.2 Å². The number of amides is 1. The number of nitrogens with one attached hydrogen (secondary N) is 1. The molecule has 0 fully saturated rings. The average molecular weight is 435 g/mol. The summed E-state index contributed by atoms with van der Waals surface area (Å²) in [5.74, 6) is 2.12. The largest absolute Gasteiger partial charge is 0.497 e. The Labute approximate surface area is 184 Å². The second-order valence-corrected chi connectivity index (χ2v) is 7.72. The van der Waals surface area contributed by atoms with Gasteiger partial charge in [-0.05, 0) is 36.8 Å². The lowest BCUT2D eigenvalue weighted by Gasteiger charge is -2.08. The molecule has 0 saturated carbocycles. The van der Waals surface area contributed by atoms with E-state index < -0.39 is 0 Å². The first-order chi connectivity index (χ1) is 15.1. The lowest BCUT2D eigenvalue weighted by molar-refractivity contribution is 0.102. The van der Waals surface area contributed by atoms with Gasteiger partial charge < -0.3 is 14.0 Å². The molecule has 1 N–H and O–H groups in total. The highest BCUT2D eigenvalue weighted by atomic mass is 32.1. The number of hydrogen-bond acceptors (Lipinski definition) is 6. The van der Waals surface area contributed by atoms with E-state index in [0.717, 1.165) is 22.6 Å². The monoisotopic (exact) mass is 434 g/mol. The number of anilines is 1. The molecule has 1 amide bonds. The van der Waals surface area contributed by atoms with E-state index in [1.165, 1.54) is 11.3 Å². The molecule has 158 valence electrons. The molecule has 0 radical (unpaired) electrons. The minimum atomic E-state index is -0.201. The predicted molar refractivity (Wildman–Crippen MR) is 121 cm³/mol. The van der Waals surface area contributed by atoms with Gasteiger partial charge in [-0.1, -0.05) is 12.1 Å². The highest BCUT2D eigenvalue weighted by Gasteiger charge is 2.14. The molecule has 0 aliphatic rings. The third-order valence-electron chi connectivity index (χ3n) is 4.90. The molecule has 4 rings (SSSR count). The van der Waals surface area contributed by atoms with Crippen LogP contribution in [-0.4, -0.2) is 34.7 Å². The van der Waals surface area contributed by atoms with Gasteiger partial charge in [0.2, 0.25) is 0 Å². The van der Waals surface area contributed by atoms with E-state index in [9.17, 15) is 4.79 Å². The van der Waals surface area contributed by atoms with Crippen LogP contribution in [0.25, 0.3) is 11.3 Å². The summed E-state index contributed by atoms with van der Waals surface area (Å²) in [6.45, 7) is 2.68. The minimum Gasteiger partial charge on any atom is -0.497 e. The van der Waals surface area contributed by atoms with Gasteiger partial charge in [-0.3, -0.25) is 10.1 Å². The molecule has 7 nitrogen and oxygen atoms in total. The number of ether oxygens (including phenoxy) is 2. The number of imidazole rings is 1. The van der Waals surface area contributed by atoms with Crippen molar-refractivity contribution in [3.63, 3.8) is 0 Å². The zero-order valence-corrected chi connectivity index (χ0v) is 18.3. The fourth-order valence-corrected chi connectivity index (χ4v) is 3.87. The quantitative estimate of drug-likeness (QED) is 0.459. The first-order valence-electron chi connectivity index (χ1n) is 9.63. The molecule has 0 aliphatic heterocycles. The molecule has 4 aromatic rings. The molecule has 0 aliphatic carbocycles. The standard InChI is InChI=1S/C23H22N4O3S/c1-15-24-10-11-27(15)13-16-4-6-17(7-5-16)22(28)26-23-25-20(14-31-23)19-9-8-18(29-2)12-21(19)30-3/h4-12,14H,13H2,1-3H3,(H,25,26,28). The molecule has 8 heteroatoms. The fraction of sp³-hybridized carbons (Fsp3) is 0.174. The molecule has 0 bridgehead atoms. The van der Waals surface area contributed by atoms with Crippen molar-refractivity contribution in [3.8, 4) is 22.8 Å². The fourth-order valence-electron chi connectivity index (χ4n) is 3.16. The summed E-state index contributed by atoms with van der Waals surface area (Å²) >= 11 is 1.36. The zero-order chi connectivity index (χ0) is 21.8. The lowest BCUT2D eigenvalue weighted by Crippen LogP contribution is -2.12. The molecule has 2 heterocycles. The number of thiazole rings is 1. The van der Waals surface area contributed by atoms with E-state index in [0.29, 0.717) is 28.7 Å². The number of rotatable bonds is 7. The highest BCUT2D eigenvalue weighted by Crippen LogP contribution is 2.34. The Balaban J connectivity index is 1.45. The summed E-state index contributed by atoms with van der Waals surface area (Å²) in [5.41, 5.74) is 3.23. The molecule has 2 aromatic carbocycles. The van der Waals surface area contributed by atoms with Crippen molar-refractivity contribution in [2.45, 2.75) is 13.5 Å². The molecular weight excluding hydrogens is 412 g/mol. The van der Waals surface area contributed by atoms with Crippen molar-refractivity contribution in [1.82, 2.24) is 14.5 Å². The Morgan fingerprint density at radius 1 is 1.13 bits per heavy atom. The Bertz CT molecular complexity index is 1200. The summed E-state index contributed by atoms with van der Waals surface area (Å²) in [7, 11) is 3.21. The molecular formula is C23H22N4O3S. The van der Waals surface area contributed by atoms with Gasteiger partial charge in [0, 0.05) is 41.5 Å². The number of carbonyl (C=O) groups excluding carboxylic acids is 1. The number of carbonyl (C=O) groups is 1. The number of nitrogens with zero attached hydrogens (tertiary/aromatic N) is 3. The zero-order valence-electron chi connectivity index (χ0n) is 17.5. The van der Waals surface area contributed by atoms with Crippen LogP contribution in [0.3, 0.4) is 0 Å². The van der Waals surface area contributed by atoms with E-state index in [4.69, 9.17) is 9.47 Å². The number of aromatic nitrogens is 3. The summed E-state index contributed by atoms with van der Waals surface area (Å²) in [5, 5.41) is 5.28. The topological polar surface area (TPSA) is 78.3 Å². The molecule has 0 unspecified atom stereocenters. The van der Waals surface area contributed by atoms with Crippen molar-refractivity contribution >= 4 is 22.4 Å². The van der Waals surface area contributed by atoms with Gasteiger partial charge in [-0.25, -0.2) is 9.97 Å². The average Bonchev–Trinajstić information content (AvgIpc) is 3.42. The normalized spacial score (nSPS) is 10.7. The summed E-state index contributed by atoms with van der Waals surface area (Å²) in [4.78, 5) is 21.4. The Morgan fingerprint density at radius 2 is 1.94 bits per heavy atom. The summed E-state index contributed by atoms with van der Waals surface area (Å²) < 4.78 is 12.7. The van der Waals surface area contributed by atoms with Gasteiger partial charge in [-0.2, -0.15) is 0 Å². The van der Waals surface area contributed by atoms with Gasteiger partial charge in [0.15, 0.2) is 5.13 Å². The third-order valence-corrected chi connectivity index (χ3v) is 5.66. The van der Waals surface area contributed by atoms with E-state index in [2.05, 4.69) is 19.9 Å². The molecule has 31 heavy (non-hydrogen) atoms. The van der Waals surface area contributed by atoms with Crippen molar-refractivity contribution < 1.29 is 14.3 Å². The Morgan fingerprint density at radius 3 is 2.61 bits per heavy atom. The highest BCUT2D eigenvalue weighted by molar-refractivity contribution is 7.14. The summed E-state index contributed by atoms with van der Waals surface area (Å²) in [6, 6.07) is 13.1. The van der Waals surface area contributed by atoms with Crippen LogP contribution in [0, 0.1) is 6.92 Å². The number of hydrogen-bond donors (Lipinski definition) is 1. The molecule has 2 aromatic heterocycles. The van der Waals surface area contributed by atoms with Gasteiger partial charge in [0.25, 0.3) is 5.91 Å². The van der Waals surface area contributed by atoms with E-state index in [-0.39, 0.29) is 5.91 Å². The Kier molecular flexibility index (Phi) is 5.99. The number of benzene rings is 2. The first-order valence-corrected chi connectivity index (χ1v) is 10.5. The van der Waals surface area contributed by atoms with Crippen LogP contribution in [0.5, 0.6) is 11.5 Å². The SMILES string of the molecule is COc1ccc(-c2csc(NC(=O)c3ccc(Cn4ccnc4C)cc3)n2)c(OC)c1. The van der Waals surface area contributed by atoms with E-state index >= 15 is 0 Å². The van der Waals surface area contributed by atoms with Gasteiger partial charge >= 0.3 is 0 Å². The van der Waals surface area contributed by atoms with Crippen LogP contribution in [-0.2, 0) is 6.54 Å². The number of aryl methyl sites for hydroxylation is 1. The van der Waals surface area contributed by atoms with Gasteiger partial charge in [-0.15, -0.1) is 11.3 Å².